The van der Waals surface area contributed by atoms with Crippen LogP contribution in [0.15, 0.2) is 0 Å². The van der Waals surface area contributed by atoms with Crippen LogP contribution in [0.2, 0.25) is 0 Å². The van der Waals surface area contributed by atoms with E-state index in [-0.39, 0.29) is 24.0 Å². The van der Waals surface area contributed by atoms with Crippen LogP contribution in [-0.4, -0.2) is 25.2 Å². The normalized spacial score (nSPS) is 11.2. The molecule has 0 saturated carbocycles. The number of hydrogen-bond donors (Lipinski definition) is 3. The number of carbonyl (C=O) groups excluding carboxylic acids is 2. The van der Waals surface area contributed by atoms with Crippen LogP contribution in [0.5, 0.6) is 0 Å². The van der Waals surface area contributed by atoms with Crippen LogP contribution in [-0.2, 0) is 4.79 Å². The lowest BCUT2D eigenvalue weighted by Gasteiger charge is -2.17. The van der Waals surface area contributed by atoms with Crippen molar-refractivity contribution in [3.8, 4) is 0 Å². The van der Waals surface area contributed by atoms with Crippen molar-refractivity contribution in [3.05, 3.63) is 0 Å². The molecule has 0 unspecified atom stereocenters. The Morgan fingerprint density at radius 2 is 1.65 bits per heavy atom. The Bertz CT molecular complexity index is 257. The second-order valence-corrected chi connectivity index (χ2v) is 5.79. The molecule has 0 fully saturated rings. The van der Waals surface area contributed by atoms with Crippen LogP contribution >= 0.6 is 0 Å². The molecule has 17 heavy (non-hydrogen) atoms. The third-order valence-electron chi connectivity index (χ3n) is 1.90. The van der Waals surface area contributed by atoms with Crippen LogP contribution < -0.4 is 16.0 Å². The molecule has 100 valence electrons. The van der Waals surface area contributed by atoms with E-state index in [2.05, 4.69) is 16.0 Å². The number of rotatable bonds is 5. The monoisotopic (exact) mass is 243 g/mol. The molecule has 5 nitrogen and oxygen atoms in total. The summed E-state index contributed by atoms with van der Waals surface area (Å²) in [5.41, 5.74) is -0.0377. The fourth-order valence-electron chi connectivity index (χ4n) is 1.13. The zero-order valence-electron chi connectivity index (χ0n) is 11.5. The molecule has 0 spiro atoms. The number of urea groups is 1. The van der Waals surface area contributed by atoms with Crippen molar-refractivity contribution in [2.24, 2.45) is 11.3 Å². The van der Waals surface area contributed by atoms with Crippen LogP contribution in [0, 0.1) is 11.3 Å². The van der Waals surface area contributed by atoms with Gasteiger partial charge in [-0.3, -0.25) is 4.79 Å². The third-order valence-corrected chi connectivity index (χ3v) is 1.90. The van der Waals surface area contributed by atoms with Gasteiger partial charge in [-0.05, 0) is 11.3 Å². The molecule has 0 bridgehead atoms. The number of amides is 3. The van der Waals surface area contributed by atoms with Gasteiger partial charge in [0.05, 0.1) is 6.67 Å². The van der Waals surface area contributed by atoms with Gasteiger partial charge in [-0.1, -0.05) is 34.6 Å². The van der Waals surface area contributed by atoms with Crippen molar-refractivity contribution in [1.82, 2.24) is 16.0 Å². The van der Waals surface area contributed by atoms with Crippen LogP contribution in [0.1, 0.15) is 41.0 Å². The lowest BCUT2D eigenvalue weighted by atomic mass is 9.92. The first-order chi connectivity index (χ1) is 7.70. The highest BCUT2D eigenvalue weighted by molar-refractivity contribution is 5.78. The fourth-order valence-corrected chi connectivity index (χ4v) is 1.13. The van der Waals surface area contributed by atoms with E-state index in [9.17, 15) is 9.59 Å². The van der Waals surface area contributed by atoms with Gasteiger partial charge in [0.25, 0.3) is 0 Å². The molecule has 5 heteroatoms. The Morgan fingerprint density at radius 3 is 2.12 bits per heavy atom. The maximum absolute atomic E-state index is 11.4. The highest BCUT2D eigenvalue weighted by Crippen LogP contribution is 2.17. The van der Waals surface area contributed by atoms with E-state index in [1.165, 1.54) is 0 Å². The van der Waals surface area contributed by atoms with Gasteiger partial charge in [-0.25, -0.2) is 4.79 Å². The van der Waals surface area contributed by atoms with E-state index < -0.39 is 0 Å². The van der Waals surface area contributed by atoms with E-state index in [4.69, 9.17) is 0 Å². The molecule has 0 saturated heterocycles. The largest absolute Gasteiger partial charge is 0.339 e. The second kappa shape index (κ2) is 7.14. The zero-order chi connectivity index (χ0) is 13.5. The predicted octanol–water partition coefficient (Wildman–Crippen LogP) is 1.45. The van der Waals surface area contributed by atoms with Crippen LogP contribution in [0.25, 0.3) is 0 Å². The molecule has 0 aromatic carbocycles. The molecule has 3 N–H and O–H groups in total. The van der Waals surface area contributed by atoms with Gasteiger partial charge in [0.2, 0.25) is 5.91 Å². The van der Waals surface area contributed by atoms with Crippen molar-refractivity contribution in [2.75, 3.05) is 13.2 Å². The van der Waals surface area contributed by atoms with E-state index in [0.29, 0.717) is 18.9 Å². The Labute approximate surface area is 104 Å². The van der Waals surface area contributed by atoms with Crippen LogP contribution in [0.4, 0.5) is 4.79 Å². The Kier molecular flexibility index (Phi) is 6.61. The fraction of sp³-hybridized carbons (Fsp3) is 0.833. The number of nitrogens with one attached hydrogen (secondary N) is 3. The van der Waals surface area contributed by atoms with Crippen molar-refractivity contribution in [2.45, 2.75) is 41.0 Å². The van der Waals surface area contributed by atoms with E-state index >= 15 is 0 Å². The lowest BCUT2D eigenvalue weighted by Crippen LogP contribution is -2.44. The highest BCUT2D eigenvalue weighted by Gasteiger charge is 2.15. The van der Waals surface area contributed by atoms with Gasteiger partial charge in [-0.15, -0.1) is 0 Å². The third kappa shape index (κ3) is 11.0. The standard InChI is InChI=1S/C12H25N3O2/c1-9(2)7-13-11(17)15-8-14-10(16)6-12(3,4)5/h9H,6-8H2,1-5H3,(H,14,16)(H2,13,15,17). The molecule has 0 aliphatic carbocycles. The van der Waals surface area contributed by atoms with Gasteiger partial charge in [0.15, 0.2) is 0 Å². The Hall–Kier alpha value is -1.26. The number of hydrogen-bond acceptors (Lipinski definition) is 2. The van der Waals surface area contributed by atoms with E-state index in [1.807, 2.05) is 34.6 Å². The first-order valence-corrected chi connectivity index (χ1v) is 5.99. The molecular weight excluding hydrogens is 218 g/mol. The van der Waals surface area contributed by atoms with Gasteiger partial charge in [0.1, 0.15) is 0 Å². The van der Waals surface area contributed by atoms with E-state index in [0.717, 1.165) is 0 Å². The first kappa shape index (κ1) is 15.7. The minimum Gasteiger partial charge on any atom is -0.339 e. The molecule has 0 aromatic rings. The molecule has 0 radical (unpaired) electrons. The van der Waals surface area contributed by atoms with Crippen molar-refractivity contribution in [1.29, 1.82) is 0 Å². The molecule has 0 aliphatic heterocycles. The zero-order valence-corrected chi connectivity index (χ0v) is 11.5. The quantitative estimate of drug-likeness (QED) is 0.640. The predicted molar refractivity (Wildman–Crippen MR) is 68.5 cm³/mol. The minimum atomic E-state index is -0.255. The SMILES string of the molecule is CC(C)CNC(=O)NCNC(=O)CC(C)(C)C. The topological polar surface area (TPSA) is 70.2 Å². The summed E-state index contributed by atoms with van der Waals surface area (Å²) in [6, 6.07) is -0.255. The summed E-state index contributed by atoms with van der Waals surface area (Å²) in [5.74, 6) is 0.359. The highest BCUT2D eigenvalue weighted by atomic mass is 16.2. The summed E-state index contributed by atoms with van der Waals surface area (Å²) < 4.78 is 0. The average molecular weight is 243 g/mol. The summed E-state index contributed by atoms with van der Waals surface area (Å²) in [5, 5.41) is 7.92. The molecule has 0 aliphatic rings. The van der Waals surface area contributed by atoms with E-state index in [1.54, 1.807) is 0 Å². The van der Waals surface area contributed by atoms with Gasteiger partial charge >= 0.3 is 6.03 Å². The molecule has 0 aromatic heterocycles. The summed E-state index contributed by atoms with van der Waals surface area (Å²) in [4.78, 5) is 22.7. The molecule has 0 heterocycles. The molecule has 3 amide bonds. The second-order valence-electron chi connectivity index (χ2n) is 5.79. The average Bonchev–Trinajstić information content (AvgIpc) is 2.11. The lowest BCUT2D eigenvalue weighted by molar-refractivity contribution is -0.122. The Morgan fingerprint density at radius 1 is 1.06 bits per heavy atom. The van der Waals surface area contributed by atoms with Gasteiger partial charge < -0.3 is 16.0 Å². The Balaban J connectivity index is 3.63. The van der Waals surface area contributed by atoms with Gasteiger partial charge in [0, 0.05) is 13.0 Å². The molecular formula is C12H25N3O2. The molecule has 0 atom stereocenters. The maximum atomic E-state index is 11.4. The molecule has 0 rings (SSSR count). The maximum Gasteiger partial charge on any atom is 0.316 e. The number of carbonyl (C=O) groups is 2. The van der Waals surface area contributed by atoms with Crippen molar-refractivity contribution >= 4 is 11.9 Å². The summed E-state index contributed by atoms with van der Waals surface area (Å²) >= 11 is 0. The minimum absolute atomic E-state index is 0.0377. The first-order valence-electron chi connectivity index (χ1n) is 5.99. The summed E-state index contributed by atoms with van der Waals surface area (Å²) in [7, 11) is 0. The van der Waals surface area contributed by atoms with Crippen molar-refractivity contribution in [3.63, 3.8) is 0 Å². The van der Waals surface area contributed by atoms with Gasteiger partial charge in [-0.2, -0.15) is 0 Å². The summed E-state index contributed by atoms with van der Waals surface area (Å²) in [6.07, 6.45) is 0.447. The smallest absolute Gasteiger partial charge is 0.316 e. The van der Waals surface area contributed by atoms with Crippen molar-refractivity contribution < 1.29 is 9.59 Å². The summed E-state index contributed by atoms with van der Waals surface area (Å²) in [6.45, 7) is 10.8. The van der Waals surface area contributed by atoms with Crippen LogP contribution in [0.3, 0.4) is 0 Å².